The van der Waals surface area contributed by atoms with Crippen LogP contribution in [0.1, 0.15) is 17.2 Å². The molecular formula is C16H16N2O3. The lowest BCUT2D eigenvalue weighted by Gasteiger charge is -2.19. The zero-order valence-corrected chi connectivity index (χ0v) is 11.3. The van der Waals surface area contributed by atoms with Crippen LogP contribution in [0.2, 0.25) is 0 Å². The van der Waals surface area contributed by atoms with Gasteiger partial charge in [-0.1, -0.05) is 60.7 Å². The van der Waals surface area contributed by atoms with Gasteiger partial charge in [0.2, 0.25) is 0 Å². The largest absolute Gasteiger partial charge is 0.480 e. The van der Waals surface area contributed by atoms with Gasteiger partial charge < -0.3 is 15.7 Å². The molecule has 108 valence electrons. The summed E-state index contributed by atoms with van der Waals surface area (Å²) in [6.45, 7) is -0.415. The summed E-state index contributed by atoms with van der Waals surface area (Å²) in [5.41, 5.74) is 1.85. The summed E-state index contributed by atoms with van der Waals surface area (Å²) in [4.78, 5) is 22.3. The summed E-state index contributed by atoms with van der Waals surface area (Å²) < 4.78 is 0. The normalized spacial score (nSPS) is 10.1. The molecule has 0 aromatic heterocycles. The number of rotatable bonds is 5. The van der Waals surface area contributed by atoms with Crippen LogP contribution in [0.15, 0.2) is 60.7 Å². The molecule has 0 spiro atoms. The molecule has 0 heterocycles. The highest BCUT2D eigenvalue weighted by atomic mass is 16.4. The van der Waals surface area contributed by atoms with Crippen LogP contribution in [-0.2, 0) is 4.79 Å². The zero-order valence-electron chi connectivity index (χ0n) is 11.3. The quantitative estimate of drug-likeness (QED) is 0.787. The number of aliphatic carboxylic acids is 1. The second-order valence-electron chi connectivity index (χ2n) is 4.48. The standard InChI is InChI=1S/C16H16N2O3/c19-14(20)11-17-16(21)18-15(12-7-3-1-4-8-12)13-9-5-2-6-10-13/h1-10,15H,11H2,(H,19,20)(H2,17,18,21). The van der Waals surface area contributed by atoms with E-state index in [2.05, 4.69) is 10.6 Å². The van der Waals surface area contributed by atoms with Crippen LogP contribution in [0.3, 0.4) is 0 Å². The Kier molecular flexibility index (Phi) is 4.93. The van der Waals surface area contributed by atoms with E-state index in [1.165, 1.54) is 0 Å². The molecule has 0 saturated heterocycles. The first-order chi connectivity index (χ1) is 10.2. The Morgan fingerprint density at radius 1 is 0.905 bits per heavy atom. The van der Waals surface area contributed by atoms with Gasteiger partial charge in [-0.15, -0.1) is 0 Å². The van der Waals surface area contributed by atoms with Crippen LogP contribution in [0.25, 0.3) is 0 Å². The van der Waals surface area contributed by atoms with Crippen molar-refractivity contribution in [2.75, 3.05) is 6.54 Å². The van der Waals surface area contributed by atoms with Crippen molar-refractivity contribution in [1.82, 2.24) is 10.6 Å². The maximum Gasteiger partial charge on any atom is 0.323 e. The van der Waals surface area contributed by atoms with Gasteiger partial charge in [-0.3, -0.25) is 4.79 Å². The number of hydrogen-bond acceptors (Lipinski definition) is 2. The summed E-state index contributed by atoms with van der Waals surface area (Å²) >= 11 is 0. The summed E-state index contributed by atoms with van der Waals surface area (Å²) in [7, 11) is 0. The number of nitrogens with one attached hydrogen (secondary N) is 2. The molecule has 5 nitrogen and oxygen atoms in total. The smallest absolute Gasteiger partial charge is 0.323 e. The van der Waals surface area contributed by atoms with Gasteiger partial charge in [0, 0.05) is 0 Å². The van der Waals surface area contributed by atoms with Crippen LogP contribution in [0.5, 0.6) is 0 Å². The van der Waals surface area contributed by atoms with Gasteiger partial charge in [0.1, 0.15) is 6.54 Å². The van der Waals surface area contributed by atoms with E-state index in [0.29, 0.717) is 0 Å². The van der Waals surface area contributed by atoms with E-state index < -0.39 is 18.5 Å². The average Bonchev–Trinajstić information content (AvgIpc) is 2.52. The average molecular weight is 284 g/mol. The molecule has 0 aliphatic carbocycles. The molecule has 0 unspecified atom stereocenters. The molecule has 0 atom stereocenters. The zero-order chi connectivity index (χ0) is 15.1. The molecule has 0 aliphatic heterocycles. The fraction of sp³-hybridized carbons (Fsp3) is 0.125. The highest BCUT2D eigenvalue weighted by molar-refractivity contribution is 5.80. The van der Waals surface area contributed by atoms with Gasteiger partial charge in [-0.25, -0.2) is 4.79 Å². The number of carboxylic acids is 1. The van der Waals surface area contributed by atoms with Gasteiger partial charge in [0.15, 0.2) is 0 Å². The van der Waals surface area contributed by atoms with Crippen LogP contribution in [0.4, 0.5) is 4.79 Å². The van der Waals surface area contributed by atoms with E-state index in [4.69, 9.17) is 5.11 Å². The highest BCUT2D eigenvalue weighted by Crippen LogP contribution is 2.21. The highest BCUT2D eigenvalue weighted by Gasteiger charge is 2.16. The summed E-state index contributed by atoms with van der Waals surface area (Å²) in [6.07, 6.45) is 0. The Bertz CT molecular complexity index is 560. The van der Waals surface area contributed by atoms with Crippen molar-refractivity contribution in [2.24, 2.45) is 0 Å². The first kappa shape index (κ1) is 14.6. The number of urea groups is 1. The molecule has 0 fully saturated rings. The maximum atomic E-state index is 11.8. The molecule has 2 rings (SSSR count). The Balaban J connectivity index is 2.17. The lowest BCUT2D eigenvalue weighted by molar-refractivity contribution is -0.135. The minimum Gasteiger partial charge on any atom is -0.480 e. The first-order valence-electron chi connectivity index (χ1n) is 6.53. The van der Waals surface area contributed by atoms with Crippen LogP contribution < -0.4 is 10.6 Å². The van der Waals surface area contributed by atoms with Crippen molar-refractivity contribution in [3.8, 4) is 0 Å². The fourth-order valence-electron chi connectivity index (χ4n) is 1.99. The van der Waals surface area contributed by atoms with Gasteiger partial charge in [-0.2, -0.15) is 0 Å². The Morgan fingerprint density at radius 3 is 1.81 bits per heavy atom. The summed E-state index contributed by atoms with van der Waals surface area (Å²) in [6, 6.07) is 18.2. The van der Waals surface area contributed by atoms with Crippen LogP contribution >= 0.6 is 0 Å². The van der Waals surface area contributed by atoms with Crippen molar-refractivity contribution < 1.29 is 14.7 Å². The molecule has 3 N–H and O–H groups in total. The molecule has 2 aromatic carbocycles. The summed E-state index contributed by atoms with van der Waals surface area (Å²) in [5.74, 6) is -1.08. The van der Waals surface area contributed by atoms with E-state index in [0.717, 1.165) is 11.1 Å². The van der Waals surface area contributed by atoms with Crippen molar-refractivity contribution in [3.05, 3.63) is 71.8 Å². The monoisotopic (exact) mass is 284 g/mol. The van der Waals surface area contributed by atoms with Gasteiger partial charge >= 0.3 is 12.0 Å². The van der Waals surface area contributed by atoms with Crippen LogP contribution in [-0.4, -0.2) is 23.7 Å². The molecule has 0 saturated carbocycles. The van der Waals surface area contributed by atoms with Gasteiger partial charge in [-0.05, 0) is 11.1 Å². The molecule has 0 aliphatic rings. The predicted octanol–water partition coefficient (Wildman–Crippen LogP) is 2.16. The molecular weight excluding hydrogens is 268 g/mol. The number of amides is 2. The van der Waals surface area contributed by atoms with Crippen molar-refractivity contribution in [1.29, 1.82) is 0 Å². The third-order valence-corrected chi connectivity index (χ3v) is 2.94. The lowest BCUT2D eigenvalue weighted by atomic mass is 9.99. The van der Waals surface area contributed by atoms with E-state index in [1.54, 1.807) is 0 Å². The number of hydrogen-bond donors (Lipinski definition) is 3. The third kappa shape index (κ3) is 4.35. The minimum absolute atomic E-state index is 0.332. The Hall–Kier alpha value is -2.82. The van der Waals surface area contributed by atoms with Gasteiger partial charge in [0.05, 0.1) is 6.04 Å². The fourth-order valence-corrected chi connectivity index (χ4v) is 1.99. The van der Waals surface area contributed by atoms with E-state index in [1.807, 2.05) is 60.7 Å². The molecule has 21 heavy (non-hydrogen) atoms. The lowest BCUT2D eigenvalue weighted by Crippen LogP contribution is -2.40. The van der Waals surface area contributed by atoms with E-state index >= 15 is 0 Å². The molecule has 0 radical (unpaired) electrons. The molecule has 0 bridgehead atoms. The SMILES string of the molecule is O=C(O)CNC(=O)NC(c1ccccc1)c1ccccc1. The van der Waals surface area contributed by atoms with E-state index in [-0.39, 0.29) is 6.04 Å². The third-order valence-electron chi connectivity index (χ3n) is 2.94. The first-order valence-corrected chi connectivity index (χ1v) is 6.53. The summed E-state index contributed by atoms with van der Waals surface area (Å²) in [5, 5.41) is 13.7. The molecule has 2 aromatic rings. The van der Waals surface area contributed by atoms with Crippen molar-refractivity contribution >= 4 is 12.0 Å². The Morgan fingerprint density at radius 2 is 1.38 bits per heavy atom. The topological polar surface area (TPSA) is 78.4 Å². The number of benzene rings is 2. The second-order valence-corrected chi connectivity index (χ2v) is 4.48. The molecule has 2 amide bonds. The maximum absolute atomic E-state index is 11.8. The predicted molar refractivity (Wildman–Crippen MR) is 78.9 cm³/mol. The Labute approximate surface area is 122 Å². The second kappa shape index (κ2) is 7.09. The van der Waals surface area contributed by atoms with Gasteiger partial charge in [0.25, 0.3) is 0 Å². The van der Waals surface area contributed by atoms with Crippen LogP contribution in [0, 0.1) is 0 Å². The minimum atomic E-state index is -1.08. The van der Waals surface area contributed by atoms with Crippen molar-refractivity contribution in [3.63, 3.8) is 0 Å². The number of carbonyl (C=O) groups is 2. The number of carboxylic acid groups (broad SMARTS) is 1. The number of carbonyl (C=O) groups excluding carboxylic acids is 1. The van der Waals surface area contributed by atoms with E-state index in [9.17, 15) is 9.59 Å². The van der Waals surface area contributed by atoms with Crippen molar-refractivity contribution in [2.45, 2.75) is 6.04 Å². The molecule has 5 heteroatoms.